The van der Waals surface area contributed by atoms with E-state index in [0.29, 0.717) is 32.8 Å². The van der Waals surface area contributed by atoms with Gasteiger partial charge < -0.3 is 14.7 Å². The van der Waals surface area contributed by atoms with Crippen molar-refractivity contribution in [3.8, 4) is 0 Å². The van der Waals surface area contributed by atoms with Gasteiger partial charge in [-0.1, -0.05) is 13.3 Å². The van der Waals surface area contributed by atoms with Crippen LogP contribution in [0.25, 0.3) is 0 Å². The first kappa shape index (κ1) is 19.0. The molecule has 3 atom stereocenters. The number of rotatable bonds is 5. The Morgan fingerprint density at radius 3 is 2.60 bits per heavy atom. The number of carbonyl (C=O) groups is 1. The second kappa shape index (κ2) is 7.84. The molecule has 3 aliphatic rings. The normalized spacial score (nSPS) is 33.9. The Bertz CT molecular complexity index is 471. The van der Waals surface area contributed by atoms with E-state index in [0.717, 1.165) is 19.3 Å². The molecule has 0 bridgehead atoms. The Kier molecular flexibility index (Phi) is 5.96. The molecule has 0 unspecified atom stereocenters. The quantitative estimate of drug-likeness (QED) is 0.809. The van der Waals surface area contributed by atoms with E-state index in [-0.39, 0.29) is 49.3 Å². The van der Waals surface area contributed by atoms with Crippen LogP contribution in [0.1, 0.15) is 32.6 Å². The molecular formula is C18H30F2N2O3. The molecule has 0 aromatic rings. The first-order valence-electron chi connectivity index (χ1n) is 9.54. The average Bonchev–Trinajstić information content (AvgIpc) is 3.14. The number of amides is 1. The third kappa shape index (κ3) is 4.14. The molecule has 0 spiro atoms. The Labute approximate surface area is 148 Å². The number of aliphatic hydroxyl groups is 1. The SMILES string of the molecule is CC[C@@H]1CN(C(=O)C2CCOCC2)[C@H](CO)[C@@H]1CN1CCC(F)(F)C1. The lowest BCUT2D eigenvalue weighted by atomic mass is 9.88. The number of carbonyl (C=O) groups excluding carboxylic acids is 1. The van der Waals surface area contributed by atoms with Crippen LogP contribution in [0.4, 0.5) is 8.78 Å². The van der Waals surface area contributed by atoms with E-state index in [1.54, 1.807) is 4.90 Å². The lowest BCUT2D eigenvalue weighted by molar-refractivity contribution is -0.140. The highest BCUT2D eigenvalue weighted by atomic mass is 19.3. The number of alkyl halides is 2. The first-order chi connectivity index (χ1) is 11.9. The van der Waals surface area contributed by atoms with E-state index < -0.39 is 5.92 Å². The van der Waals surface area contributed by atoms with E-state index in [4.69, 9.17) is 4.74 Å². The monoisotopic (exact) mass is 360 g/mol. The van der Waals surface area contributed by atoms with Crippen LogP contribution in [0.15, 0.2) is 0 Å². The maximum absolute atomic E-state index is 13.5. The van der Waals surface area contributed by atoms with E-state index >= 15 is 0 Å². The molecule has 0 aromatic carbocycles. The zero-order chi connectivity index (χ0) is 18.0. The molecule has 0 aliphatic carbocycles. The van der Waals surface area contributed by atoms with Gasteiger partial charge in [-0.05, 0) is 24.7 Å². The summed E-state index contributed by atoms with van der Waals surface area (Å²) in [5, 5.41) is 9.96. The fourth-order valence-corrected chi connectivity index (χ4v) is 4.70. The Morgan fingerprint density at radius 1 is 1.32 bits per heavy atom. The largest absolute Gasteiger partial charge is 0.394 e. The molecule has 5 nitrogen and oxygen atoms in total. The van der Waals surface area contributed by atoms with E-state index in [2.05, 4.69) is 6.92 Å². The van der Waals surface area contributed by atoms with Gasteiger partial charge in [-0.25, -0.2) is 8.78 Å². The summed E-state index contributed by atoms with van der Waals surface area (Å²) in [4.78, 5) is 16.6. The number of ether oxygens (including phenoxy) is 1. The number of hydrogen-bond acceptors (Lipinski definition) is 4. The molecule has 0 saturated carbocycles. The van der Waals surface area contributed by atoms with Gasteiger partial charge in [0.2, 0.25) is 5.91 Å². The van der Waals surface area contributed by atoms with Crippen LogP contribution in [0.3, 0.4) is 0 Å². The third-order valence-electron chi connectivity index (χ3n) is 6.21. The smallest absolute Gasteiger partial charge is 0.261 e. The topological polar surface area (TPSA) is 53.0 Å². The molecule has 3 aliphatic heterocycles. The standard InChI is InChI=1S/C18H30F2N2O3/c1-2-13-9-22(17(24)14-3-7-25-8-4-14)16(11-23)15(13)10-21-6-5-18(19,20)12-21/h13-16,23H,2-12H2,1H3/t13-,15-,16-/m1/s1. The van der Waals surface area contributed by atoms with E-state index in [1.807, 2.05) is 4.90 Å². The summed E-state index contributed by atoms with van der Waals surface area (Å²) in [5.41, 5.74) is 0. The van der Waals surface area contributed by atoms with Crippen molar-refractivity contribution in [2.24, 2.45) is 17.8 Å². The van der Waals surface area contributed by atoms with Crippen molar-refractivity contribution in [1.29, 1.82) is 0 Å². The Hall–Kier alpha value is -0.790. The first-order valence-corrected chi connectivity index (χ1v) is 9.54. The fourth-order valence-electron chi connectivity index (χ4n) is 4.70. The van der Waals surface area contributed by atoms with Crippen LogP contribution in [-0.2, 0) is 9.53 Å². The Balaban J connectivity index is 1.68. The van der Waals surface area contributed by atoms with Gasteiger partial charge in [0.15, 0.2) is 0 Å². The van der Waals surface area contributed by atoms with Gasteiger partial charge in [0, 0.05) is 45.2 Å². The molecule has 0 aromatic heterocycles. The van der Waals surface area contributed by atoms with Crippen molar-refractivity contribution >= 4 is 5.91 Å². The number of nitrogens with zero attached hydrogens (tertiary/aromatic N) is 2. The maximum atomic E-state index is 13.5. The van der Waals surface area contributed by atoms with Crippen molar-refractivity contribution in [1.82, 2.24) is 9.80 Å². The number of halogens is 2. The minimum atomic E-state index is -2.60. The van der Waals surface area contributed by atoms with E-state index in [1.165, 1.54) is 0 Å². The average molecular weight is 360 g/mol. The summed E-state index contributed by atoms with van der Waals surface area (Å²) in [6.45, 7) is 4.56. The Morgan fingerprint density at radius 2 is 2.04 bits per heavy atom. The van der Waals surface area contributed by atoms with E-state index in [9.17, 15) is 18.7 Å². The van der Waals surface area contributed by atoms with Crippen molar-refractivity contribution in [2.75, 3.05) is 46.0 Å². The molecule has 144 valence electrons. The lowest BCUT2D eigenvalue weighted by Crippen LogP contribution is -2.46. The van der Waals surface area contributed by atoms with Crippen LogP contribution in [0, 0.1) is 17.8 Å². The molecule has 0 radical (unpaired) electrons. The highest BCUT2D eigenvalue weighted by Gasteiger charge is 2.47. The minimum Gasteiger partial charge on any atom is -0.394 e. The summed E-state index contributed by atoms with van der Waals surface area (Å²) in [7, 11) is 0. The second-order valence-electron chi connectivity index (χ2n) is 7.80. The minimum absolute atomic E-state index is 0.0322. The molecule has 7 heteroatoms. The zero-order valence-electron chi connectivity index (χ0n) is 15.0. The molecule has 3 fully saturated rings. The van der Waals surface area contributed by atoms with Gasteiger partial charge >= 0.3 is 0 Å². The molecule has 1 amide bonds. The predicted molar refractivity (Wildman–Crippen MR) is 89.4 cm³/mol. The molecule has 1 N–H and O–H groups in total. The van der Waals surface area contributed by atoms with Gasteiger partial charge in [-0.15, -0.1) is 0 Å². The third-order valence-corrected chi connectivity index (χ3v) is 6.21. The number of hydrogen-bond donors (Lipinski definition) is 1. The molecule has 3 rings (SSSR count). The zero-order valence-corrected chi connectivity index (χ0v) is 15.0. The summed E-state index contributed by atoms with van der Waals surface area (Å²) in [6.07, 6.45) is 2.26. The van der Waals surface area contributed by atoms with Crippen molar-refractivity contribution in [3.63, 3.8) is 0 Å². The van der Waals surface area contributed by atoms with Gasteiger partial charge in [-0.2, -0.15) is 0 Å². The van der Waals surface area contributed by atoms with Crippen molar-refractivity contribution in [2.45, 2.75) is 44.6 Å². The maximum Gasteiger partial charge on any atom is 0.261 e. The predicted octanol–water partition coefficient (Wildman–Crippen LogP) is 1.60. The van der Waals surface area contributed by atoms with Crippen molar-refractivity contribution < 1.29 is 23.4 Å². The summed E-state index contributed by atoms with van der Waals surface area (Å²) in [6, 6.07) is -0.255. The van der Waals surface area contributed by atoms with Crippen molar-refractivity contribution in [3.05, 3.63) is 0 Å². The number of likely N-dealkylation sites (tertiary alicyclic amines) is 2. The van der Waals surface area contributed by atoms with Crippen LogP contribution in [0.5, 0.6) is 0 Å². The molecule has 3 saturated heterocycles. The van der Waals surface area contributed by atoms with Crippen LogP contribution in [0.2, 0.25) is 0 Å². The van der Waals surface area contributed by atoms with Crippen LogP contribution in [-0.4, -0.2) is 78.8 Å². The number of aliphatic hydroxyl groups excluding tert-OH is 1. The van der Waals surface area contributed by atoms with Crippen LogP contribution >= 0.6 is 0 Å². The summed E-state index contributed by atoms with van der Waals surface area (Å²) in [5.74, 6) is -2.21. The fraction of sp³-hybridized carbons (Fsp3) is 0.944. The van der Waals surface area contributed by atoms with Gasteiger partial charge in [-0.3, -0.25) is 9.69 Å². The molecule has 3 heterocycles. The van der Waals surface area contributed by atoms with Crippen LogP contribution < -0.4 is 0 Å². The summed E-state index contributed by atoms with van der Waals surface area (Å²) >= 11 is 0. The molecular weight excluding hydrogens is 330 g/mol. The highest BCUT2D eigenvalue weighted by Crippen LogP contribution is 2.36. The lowest BCUT2D eigenvalue weighted by Gasteiger charge is -2.32. The van der Waals surface area contributed by atoms with Gasteiger partial charge in [0.1, 0.15) is 0 Å². The highest BCUT2D eigenvalue weighted by molar-refractivity contribution is 5.79. The second-order valence-corrected chi connectivity index (χ2v) is 7.80. The molecule has 25 heavy (non-hydrogen) atoms. The van der Waals surface area contributed by atoms with Gasteiger partial charge in [0.25, 0.3) is 5.92 Å². The summed E-state index contributed by atoms with van der Waals surface area (Å²) < 4.78 is 32.4. The van der Waals surface area contributed by atoms with Gasteiger partial charge in [0.05, 0.1) is 19.2 Å².